The predicted molar refractivity (Wildman–Crippen MR) is 126 cm³/mol. The molecule has 38 heavy (non-hydrogen) atoms. The molecule has 2 aromatic heterocycles. The molecule has 0 bridgehead atoms. The summed E-state index contributed by atoms with van der Waals surface area (Å²) in [7, 11) is 0. The number of aromatic nitrogens is 3. The average molecular weight is 530 g/mol. The van der Waals surface area contributed by atoms with Crippen molar-refractivity contribution in [2.24, 2.45) is 0 Å². The van der Waals surface area contributed by atoms with Crippen molar-refractivity contribution in [3.05, 3.63) is 51.9 Å². The fraction of sp³-hybridized carbons (Fsp3) is 0.375. The molecule has 1 saturated heterocycles. The average Bonchev–Trinajstić information content (AvgIpc) is 3.37. The molecule has 0 aliphatic carbocycles. The standard InChI is InChI=1S/C24H21F3N6O5/c25-24(26,27)11-32-10-13-9-14(1-2-15(13)21(32)35)30-19-18-16(4-8-29-20(18)34)33(31-19)23(6-7-28)5-3-17(22(36)37)38-12-23/h1-2,4,8-9,17H,3,5-6,10-12H2,(H,29,34)(H,30,31)(H,36,37). The van der Waals surface area contributed by atoms with Gasteiger partial charge in [-0.25, -0.2) is 4.79 Å². The molecule has 2 aliphatic rings. The van der Waals surface area contributed by atoms with E-state index in [1.807, 2.05) is 0 Å². The lowest BCUT2D eigenvalue weighted by atomic mass is 9.87. The van der Waals surface area contributed by atoms with Gasteiger partial charge < -0.3 is 25.0 Å². The second kappa shape index (κ2) is 9.18. The van der Waals surface area contributed by atoms with Crippen molar-refractivity contribution in [1.82, 2.24) is 19.7 Å². The molecule has 0 saturated carbocycles. The van der Waals surface area contributed by atoms with Crippen LogP contribution in [0.1, 0.15) is 35.2 Å². The van der Waals surface area contributed by atoms with Gasteiger partial charge in [-0.1, -0.05) is 0 Å². The van der Waals surface area contributed by atoms with E-state index in [0.717, 1.165) is 0 Å². The van der Waals surface area contributed by atoms with Crippen LogP contribution in [0.2, 0.25) is 0 Å². The molecule has 5 rings (SSSR count). The van der Waals surface area contributed by atoms with Crippen LogP contribution in [0.25, 0.3) is 10.9 Å². The first-order chi connectivity index (χ1) is 18.0. The molecular formula is C24H21F3N6O5. The number of aromatic amines is 1. The summed E-state index contributed by atoms with van der Waals surface area (Å²) in [5.74, 6) is -1.70. The summed E-state index contributed by atoms with van der Waals surface area (Å²) in [6, 6.07) is 8.15. The molecule has 3 aromatic rings. The Labute approximate surface area is 212 Å². The Morgan fingerprint density at radius 1 is 1.34 bits per heavy atom. The topological polar surface area (TPSA) is 153 Å². The number of nitriles is 1. The fourth-order valence-corrected chi connectivity index (χ4v) is 5.00. The number of carboxylic acids is 1. The van der Waals surface area contributed by atoms with Gasteiger partial charge >= 0.3 is 12.1 Å². The van der Waals surface area contributed by atoms with E-state index in [2.05, 4.69) is 21.5 Å². The molecule has 4 heterocycles. The Morgan fingerprint density at radius 3 is 2.79 bits per heavy atom. The quantitative estimate of drug-likeness (QED) is 0.440. The van der Waals surface area contributed by atoms with Crippen LogP contribution in [0.15, 0.2) is 35.3 Å². The summed E-state index contributed by atoms with van der Waals surface area (Å²) in [6.07, 6.45) is -3.78. The number of ether oxygens (including phenoxy) is 1. The second-order valence-electron chi connectivity index (χ2n) is 9.34. The van der Waals surface area contributed by atoms with Crippen LogP contribution < -0.4 is 10.9 Å². The molecule has 2 aliphatic heterocycles. The number of nitrogens with one attached hydrogen (secondary N) is 2. The van der Waals surface area contributed by atoms with E-state index in [9.17, 15) is 37.9 Å². The molecule has 0 radical (unpaired) electrons. The Balaban J connectivity index is 1.51. The lowest BCUT2D eigenvalue weighted by molar-refractivity contribution is -0.158. The van der Waals surface area contributed by atoms with E-state index < -0.39 is 41.8 Å². The van der Waals surface area contributed by atoms with Gasteiger partial charge in [-0.2, -0.15) is 23.5 Å². The van der Waals surface area contributed by atoms with Crippen LogP contribution in [0, 0.1) is 11.3 Å². The molecule has 11 nitrogen and oxygen atoms in total. The van der Waals surface area contributed by atoms with Gasteiger partial charge in [0.1, 0.15) is 11.9 Å². The van der Waals surface area contributed by atoms with Crippen LogP contribution in [0.5, 0.6) is 0 Å². The molecule has 198 valence electrons. The summed E-state index contributed by atoms with van der Waals surface area (Å²) in [6.45, 7) is -1.69. The predicted octanol–water partition coefficient (Wildman–Crippen LogP) is 2.86. The van der Waals surface area contributed by atoms with Gasteiger partial charge in [0.05, 0.1) is 30.2 Å². The number of amides is 1. The molecular weight excluding hydrogens is 509 g/mol. The first-order valence-corrected chi connectivity index (χ1v) is 11.6. The smallest absolute Gasteiger partial charge is 0.406 e. The van der Waals surface area contributed by atoms with Crippen LogP contribution in [-0.2, 0) is 21.6 Å². The minimum atomic E-state index is -4.53. The number of hydrogen-bond donors (Lipinski definition) is 3. The summed E-state index contributed by atoms with van der Waals surface area (Å²) in [4.78, 5) is 39.8. The van der Waals surface area contributed by atoms with Crippen LogP contribution in [0.4, 0.5) is 24.7 Å². The summed E-state index contributed by atoms with van der Waals surface area (Å²) in [5.41, 5.74) is -0.181. The molecule has 1 aromatic carbocycles. The van der Waals surface area contributed by atoms with Gasteiger partial charge in [0, 0.05) is 24.0 Å². The van der Waals surface area contributed by atoms with E-state index in [1.165, 1.54) is 29.1 Å². The lowest BCUT2D eigenvalue weighted by Crippen LogP contribution is -2.46. The highest BCUT2D eigenvalue weighted by Gasteiger charge is 2.42. The van der Waals surface area contributed by atoms with Crippen molar-refractivity contribution in [3.8, 4) is 6.07 Å². The van der Waals surface area contributed by atoms with Crippen molar-refractivity contribution in [1.29, 1.82) is 5.26 Å². The van der Waals surface area contributed by atoms with E-state index >= 15 is 0 Å². The number of rotatable bonds is 6. The maximum atomic E-state index is 12.9. The van der Waals surface area contributed by atoms with Crippen molar-refractivity contribution < 1.29 is 32.6 Å². The third kappa shape index (κ3) is 4.45. The highest BCUT2D eigenvalue weighted by molar-refractivity contribution is 5.99. The zero-order valence-electron chi connectivity index (χ0n) is 19.7. The molecule has 3 N–H and O–H groups in total. The number of alkyl halides is 3. The number of carbonyl (C=O) groups is 2. The van der Waals surface area contributed by atoms with E-state index in [0.29, 0.717) is 21.7 Å². The Kier molecular flexibility index (Phi) is 6.10. The first-order valence-electron chi connectivity index (χ1n) is 11.6. The Morgan fingerprint density at radius 2 is 2.13 bits per heavy atom. The van der Waals surface area contributed by atoms with Crippen LogP contribution in [0.3, 0.4) is 0 Å². The van der Waals surface area contributed by atoms with Gasteiger partial charge in [-0.05, 0) is 42.7 Å². The highest BCUT2D eigenvalue weighted by Crippen LogP contribution is 2.37. The summed E-state index contributed by atoms with van der Waals surface area (Å²) >= 11 is 0. The number of carboxylic acid groups (broad SMARTS) is 1. The van der Waals surface area contributed by atoms with E-state index in [4.69, 9.17) is 4.74 Å². The Bertz CT molecular complexity index is 1530. The van der Waals surface area contributed by atoms with E-state index in [-0.39, 0.29) is 49.2 Å². The molecule has 1 fully saturated rings. The number of benzene rings is 1. The number of nitrogens with zero attached hydrogens (tertiary/aromatic N) is 4. The molecule has 0 spiro atoms. The van der Waals surface area contributed by atoms with Crippen LogP contribution in [-0.4, -0.2) is 62.1 Å². The van der Waals surface area contributed by atoms with Gasteiger partial charge in [0.15, 0.2) is 11.9 Å². The Hall–Kier alpha value is -4.38. The highest BCUT2D eigenvalue weighted by atomic mass is 19.4. The number of aliphatic carboxylic acids is 1. The number of fused-ring (bicyclic) bond motifs is 2. The second-order valence-corrected chi connectivity index (χ2v) is 9.34. The maximum Gasteiger partial charge on any atom is 0.406 e. The number of pyridine rings is 1. The van der Waals surface area contributed by atoms with Gasteiger partial charge in [0.2, 0.25) is 0 Å². The van der Waals surface area contributed by atoms with Crippen molar-refractivity contribution in [2.45, 2.75) is 43.6 Å². The number of carbonyl (C=O) groups excluding carboxylic acids is 1. The summed E-state index contributed by atoms with van der Waals surface area (Å²) in [5, 5.41) is 26.6. The third-order valence-corrected chi connectivity index (χ3v) is 6.78. The van der Waals surface area contributed by atoms with Crippen molar-refractivity contribution in [2.75, 3.05) is 18.5 Å². The minimum Gasteiger partial charge on any atom is -0.479 e. The number of halogens is 3. The third-order valence-electron chi connectivity index (χ3n) is 6.78. The number of hydrogen-bond acceptors (Lipinski definition) is 7. The van der Waals surface area contributed by atoms with Gasteiger partial charge in [-0.15, -0.1) is 0 Å². The van der Waals surface area contributed by atoms with E-state index in [1.54, 1.807) is 6.07 Å². The van der Waals surface area contributed by atoms with Gasteiger partial charge in [0.25, 0.3) is 11.5 Å². The van der Waals surface area contributed by atoms with Crippen molar-refractivity contribution in [3.63, 3.8) is 0 Å². The molecule has 1 amide bonds. The first kappa shape index (κ1) is 25.3. The lowest BCUT2D eigenvalue weighted by Gasteiger charge is -2.38. The van der Waals surface area contributed by atoms with Crippen LogP contribution >= 0.6 is 0 Å². The number of H-pyrrole nitrogens is 1. The zero-order chi connectivity index (χ0) is 27.2. The monoisotopic (exact) mass is 530 g/mol. The zero-order valence-corrected chi connectivity index (χ0v) is 19.7. The maximum absolute atomic E-state index is 12.9. The fourth-order valence-electron chi connectivity index (χ4n) is 5.00. The SMILES string of the molecule is N#CCC1(n2nc(Nc3ccc4c(c3)CN(CC(F)(F)F)C4=O)c3c(=O)[nH]ccc32)CCC(C(=O)O)OC1. The van der Waals surface area contributed by atoms with Crippen molar-refractivity contribution >= 4 is 34.3 Å². The largest absolute Gasteiger partial charge is 0.479 e. The molecule has 14 heteroatoms. The van der Waals surface area contributed by atoms with Gasteiger partial charge in [-0.3, -0.25) is 14.3 Å². The minimum absolute atomic E-state index is 0.0572. The molecule has 2 unspecified atom stereocenters. The summed E-state index contributed by atoms with van der Waals surface area (Å²) < 4.78 is 45.6. The number of anilines is 2. The normalized spacial score (nSPS) is 21.4. The molecule has 2 atom stereocenters.